The number of amides is 2. The Morgan fingerprint density at radius 3 is 2.38 bits per heavy atom. The zero-order valence-electron chi connectivity index (χ0n) is 11.5. The van der Waals surface area contributed by atoms with E-state index in [1.807, 2.05) is 13.0 Å². The van der Waals surface area contributed by atoms with E-state index in [-0.39, 0.29) is 29.3 Å². The lowest BCUT2D eigenvalue weighted by Gasteiger charge is -2.18. The van der Waals surface area contributed by atoms with Gasteiger partial charge in [0.25, 0.3) is 5.69 Å². The lowest BCUT2D eigenvalue weighted by molar-refractivity contribution is -0.384. The molecule has 1 heterocycles. The predicted molar refractivity (Wildman–Crippen MR) is 75.6 cm³/mol. The summed E-state index contributed by atoms with van der Waals surface area (Å²) in [5.74, 6) is -0.997. The van der Waals surface area contributed by atoms with Crippen molar-refractivity contribution in [2.45, 2.75) is 19.8 Å². The summed E-state index contributed by atoms with van der Waals surface area (Å²) in [7, 11) is 0. The van der Waals surface area contributed by atoms with E-state index in [0.717, 1.165) is 5.57 Å². The van der Waals surface area contributed by atoms with Gasteiger partial charge in [-0.15, -0.1) is 0 Å². The topological polar surface area (TPSA) is 80.5 Å². The molecule has 1 fully saturated rings. The molecule has 2 atom stereocenters. The maximum atomic E-state index is 12.5. The number of nitrogens with zero attached hydrogens (tertiary/aromatic N) is 2. The minimum absolute atomic E-state index is 0.0622. The Bertz CT molecular complexity index is 663. The van der Waals surface area contributed by atoms with Crippen LogP contribution in [0.2, 0.25) is 0 Å². The monoisotopic (exact) mass is 286 g/mol. The second-order valence-electron chi connectivity index (χ2n) is 5.49. The van der Waals surface area contributed by atoms with E-state index in [0.29, 0.717) is 18.5 Å². The van der Waals surface area contributed by atoms with Crippen LogP contribution in [0, 0.1) is 22.0 Å². The highest BCUT2D eigenvalue weighted by molar-refractivity contribution is 6.22. The average molecular weight is 286 g/mol. The van der Waals surface area contributed by atoms with E-state index in [1.54, 1.807) is 0 Å². The lowest BCUT2D eigenvalue weighted by atomic mass is 9.82. The third-order valence-corrected chi connectivity index (χ3v) is 4.14. The molecule has 6 heteroatoms. The van der Waals surface area contributed by atoms with Crippen molar-refractivity contribution >= 4 is 23.2 Å². The Morgan fingerprint density at radius 2 is 1.76 bits per heavy atom. The summed E-state index contributed by atoms with van der Waals surface area (Å²) >= 11 is 0. The van der Waals surface area contributed by atoms with Gasteiger partial charge < -0.3 is 0 Å². The van der Waals surface area contributed by atoms with E-state index in [9.17, 15) is 19.7 Å². The van der Waals surface area contributed by atoms with Gasteiger partial charge in [-0.25, -0.2) is 0 Å². The number of allylic oxidation sites excluding steroid dienone is 2. The largest absolute Gasteiger partial charge is 0.274 e. The number of benzene rings is 1. The van der Waals surface area contributed by atoms with Gasteiger partial charge in [-0.3, -0.25) is 24.6 Å². The minimum Gasteiger partial charge on any atom is -0.274 e. The summed E-state index contributed by atoms with van der Waals surface area (Å²) in [6.07, 6.45) is 3.20. The molecule has 0 N–H and O–H groups in total. The molecule has 1 aliphatic carbocycles. The van der Waals surface area contributed by atoms with E-state index >= 15 is 0 Å². The number of hydrogen-bond acceptors (Lipinski definition) is 4. The van der Waals surface area contributed by atoms with Crippen LogP contribution in [0.3, 0.4) is 0 Å². The molecule has 0 spiro atoms. The molecule has 1 aliphatic heterocycles. The van der Waals surface area contributed by atoms with Crippen LogP contribution in [0.5, 0.6) is 0 Å². The van der Waals surface area contributed by atoms with Gasteiger partial charge in [-0.1, -0.05) is 11.6 Å². The van der Waals surface area contributed by atoms with Crippen LogP contribution in [-0.4, -0.2) is 16.7 Å². The molecule has 2 amide bonds. The molecule has 108 valence electrons. The number of carbonyl (C=O) groups excluding carboxylic acids is 2. The first-order valence-electron chi connectivity index (χ1n) is 6.77. The van der Waals surface area contributed by atoms with Gasteiger partial charge in [0.2, 0.25) is 11.8 Å². The van der Waals surface area contributed by atoms with Gasteiger partial charge in [0.05, 0.1) is 22.4 Å². The number of fused-ring (bicyclic) bond motifs is 1. The Morgan fingerprint density at radius 1 is 1.14 bits per heavy atom. The highest BCUT2D eigenvalue weighted by Gasteiger charge is 2.48. The number of imide groups is 1. The number of nitro benzene ring substituents is 1. The molecule has 2 aliphatic rings. The van der Waals surface area contributed by atoms with Crippen LogP contribution in [0.25, 0.3) is 0 Å². The second kappa shape index (κ2) is 4.80. The van der Waals surface area contributed by atoms with Crippen molar-refractivity contribution < 1.29 is 14.5 Å². The zero-order valence-corrected chi connectivity index (χ0v) is 11.5. The summed E-state index contributed by atoms with van der Waals surface area (Å²) in [6, 6.07) is 5.51. The van der Waals surface area contributed by atoms with Gasteiger partial charge in [0.1, 0.15) is 0 Å². The molecule has 0 aromatic heterocycles. The molecule has 6 nitrogen and oxygen atoms in total. The Kier molecular flexibility index (Phi) is 3.08. The van der Waals surface area contributed by atoms with E-state index in [1.165, 1.54) is 29.2 Å². The third kappa shape index (κ3) is 2.12. The molecule has 21 heavy (non-hydrogen) atoms. The van der Waals surface area contributed by atoms with Crippen LogP contribution >= 0.6 is 0 Å². The Balaban J connectivity index is 1.91. The Hall–Kier alpha value is -2.50. The van der Waals surface area contributed by atoms with Gasteiger partial charge in [0.15, 0.2) is 0 Å². The van der Waals surface area contributed by atoms with Crippen LogP contribution in [0.4, 0.5) is 11.4 Å². The smallest absolute Gasteiger partial charge is 0.269 e. The molecule has 1 aromatic carbocycles. The van der Waals surface area contributed by atoms with Crippen molar-refractivity contribution in [1.82, 2.24) is 0 Å². The summed E-state index contributed by atoms with van der Waals surface area (Å²) in [5.41, 5.74) is 1.47. The molecule has 2 unspecified atom stereocenters. The molecule has 0 saturated carbocycles. The van der Waals surface area contributed by atoms with Gasteiger partial charge in [-0.05, 0) is 31.9 Å². The fourth-order valence-corrected chi connectivity index (χ4v) is 3.02. The minimum atomic E-state index is -0.509. The second-order valence-corrected chi connectivity index (χ2v) is 5.49. The van der Waals surface area contributed by atoms with E-state index in [2.05, 4.69) is 0 Å². The van der Waals surface area contributed by atoms with Gasteiger partial charge >= 0.3 is 0 Å². The molecule has 0 bridgehead atoms. The normalized spacial score (nSPS) is 24.8. The molecule has 3 rings (SSSR count). The summed E-state index contributed by atoms with van der Waals surface area (Å²) in [4.78, 5) is 36.2. The first-order valence-corrected chi connectivity index (χ1v) is 6.77. The number of rotatable bonds is 2. The van der Waals surface area contributed by atoms with Crippen LogP contribution in [-0.2, 0) is 9.59 Å². The quantitative estimate of drug-likeness (QED) is 0.362. The van der Waals surface area contributed by atoms with Crippen molar-refractivity contribution in [1.29, 1.82) is 0 Å². The van der Waals surface area contributed by atoms with Gasteiger partial charge in [-0.2, -0.15) is 0 Å². The van der Waals surface area contributed by atoms with Crippen molar-refractivity contribution in [3.8, 4) is 0 Å². The van der Waals surface area contributed by atoms with Crippen LogP contribution in [0.15, 0.2) is 35.9 Å². The van der Waals surface area contributed by atoms with Crippen LogP contribution in [0.1, 0.15) is 19.8 Å². The Labute approximate surface area is 121 Å². The zero-order chi connectivity index (χ0) is 15.1. The summed E-state index contributed by atoms with van der Waals surface area (Å²) in [5, 5.41) is 10.7. The molecular weight excluding hydrogens is 272 g/mol. The number of anilines is 1. The summed E-state index contributed by atoms with van der Waals surface area (Å²) in [6.45, 7) is 1.96. The highest BCUT2D eigenvalue weighted by Crippen LogP contribution is 2.39. The maximum Gasteiger partial charge on any atom is 0.269 e. The SMILES string of the molecule is CC1=CCC2C(=O)N(c3ccc([N+](=O)[O-])cc3)C(=O)C2C1. The number of hydrogen-bond donors (Lipinski definition) is 0. The standard InChI is InChI=1S/C15H14N2O4/c1-9-2-7-12-13(8-9)15(19)16(14(12)18)10-3-5-11(6-4-10)17(20)21/h2-6,12-13H,7-8H2,1H3. The summed E-state index contributed by atoms with van der Waals surface area (Å²) < 4.78 is 0. The lowest BCUT2D eigenvalue weighted by Crippen LogP contribution is -2.30. The first kappa shape index (κ1) is 13.5. The molecule has 1 saturated heterocycles. The van der Waals surface area contributed by atoms with Crippen molar-refractivity contribution in [2.75, 3.05) is 4.90 Å². The third-order valence-electron chi connectivity index (χ3n) is 4.14. The number of nitro groups is 1. The van der Waals surface area contributed by atoms with Crippen LogP contribution < -0.4 is 4.90 Å². The average Bonchev–Trinajstić information content (AvgIpc) is 2.70. The van der Waals surface area contributed by atoms with Crippen molar-refractivity contribution in [3.05, 3.63) is 46.0 Å². The van der Waals surface area contributed by atoms with E-state index < -0.39 is 4.92 Å². The first-order chi connectivity index (χ1) is 9.99. The van der Waals surface area contributed by atoms with Gasteiger partial charge in [0, 0.05) is 12.1 Å². The highest BCUT2D eigenvalue weighted by atomic mass is 16.6. The van der Waals surface area contributed by atoms with Crippen molar-refractivity contribution in [3.63, 3.8) is 0 Å². The number of non-ortho nitro benzene ring substituents is 1. The molecular formula is C15H14N2O4. The fourth-order valence-electron chi connectivity index (χ4n) is 3.02. The molecule has 1 aromatic rings. The maximum absolute atomic E-state index is 12.5. The number of carbonyl (C=O) groups is 2. The molecule has 0 radical (unpaired) electrons. The van der Waals surface area contributed by atoms with E-state index in [4.69, 9.17) is 0 Å². The fraction of sp³-hybridized carbons (Fsp3) is 0.333. The van der Waals surface area contributed by atoms with Crippen molar-refractivity contribution in [2.24, 2.45) is 11.8 Å². The predicted octanol–water partition coefficient (Wildman–Crippen LogP) is 2.44.